The highest BCUT2D eigenvalue weighted by atomic mass is 35.5. The number of halogens is 2. The molecular weight excluding hydrogens is 377 g/mol. The second kappa shape index (κ2) is 7.72. The lowest BCUT2D eigenvalue weighted by atomic mass is 9.99. The maximum atomic E-state index is 14.4. The monoisotopic (exact) mass is 397 g/mol. The maximum Gasteiger partial charge on any atom is 0.131 e. The average Bonchev–Trinajstić information content (AvgIpc) is 3.10. The normalized spacial score (nSPS) is 15.1. The van der Waals surface area contributed by atoms with Crippen LogP contribution >= 0.6 is 11.6 Å². The molecule has 0 N–H and O–H groups in total. The van der Waals surface area contributed by atoms with Gasteiger partial charge in [0, 0.05) is 40.9 Å². The SMILES string of the molecule is COc1ccc(Cl)cc1-c1cc(F)cc2c1OC(CN(C)c1ccccc1)C2. The highest BCUT2D eigenvalue weighted by Crippen LogP contribution is 2.43. The zero-order chi connectivity index (χ0) is 19.7. The first-order valence-electron chi connectivity index (χ1n) is 9.14. The van der Waals surface area contributed by atoms with Crippen LogP contribution in [0.3, 0.4) is 0 Å². The van der Waals surface area contributed by atoms with Crippen molar-refractivity contribution in [1.82, 2.24) is 0 Å². The van der Waals surface area contributed by atoms with E-state index in [0.717, 1.165) is 16.8 Å². The predicted molar refractivity (Wildman–Crippen MR) is 111 cm³/mol. The Balaban J connectivity index is 1.65. The van der Waals surface area contributed by atoms with E-state index in [1.165, 1.54) is 6.07 Å². The fraction of sp³-hybridized carbons (Fsp3) is 0.217. The summed E-state index contributed by atoms with van der Waals surface area (Å²) in [7, 11) is 3.62. The second-order valence-corrected chi connectivity index (χ2v) is 7.38. The Labute approximate surface area is 169 Å². The largest absolute Gasteiger partial charge is 0.496 e. The van der Waals surface area contributed by atoms with Gasteiger partial charge < -0.3 is 14.4 Å². The number of methoxy groups -OCH3 is 1. The van der Waals surface area contributed by atoms with Crippen molar-refractivity contribution in [1.29, 1.82) is 0 Å². The fourth-order valence-electron chi connectivity index (χ4n) is 3.68. The van der Waals surface area contributed by atoms with Crippen molar-refractivity contribution in [3.63, 3.8) is 0 Å². The van der Waals surface area contributed by atoms with Crippen LogP contribution in [-0.4, -0.2) is 26.8 Å². The minimum Gasteiger partial charge on any atom is -0.496 e. The smallest absolute Gasteiger partial charge is 0.131 e. The zero-order valence-electron chi connectivity index (χ0n) is 15.8. The van der Waals surface area contributed by atoms with Crippen LogP contribution < -0.4 is 14.4 Å². The second-order valence-electron chi connectivity index (χ2n) is 6.95. The van der Waals surface area contributed by atoms with Gasteiger partial charge in [-0.25, -0.2) is 4.39 Å². The molecule has 1 atom stereocenters. The Kier molecular flexibility index (Phi) is 5.14. The Morgan fingerprint density at radius 2 is 1.89 bits per heavy atom. The van der Waals surface area contributed by atoms with Crippen LogP contribution in [0.4, 0.5) is 10.1 Å². The molecule has 1 heterocycles. The molecule has 144 valence electrons. The summed E-state index contributed by atoms with van der Waals surface area (Å²) in [6.45, 7) is 0.701. The van der Waals surface area contributed by atoms with Crippen LogP contribution in [0, 0.1) is 5.82 Å². The Hall–Kier alpha value is -2.72. The van der Waals surface area contributed by atoms with Gasteiger partial charge in [-0.2, -0.15) is 0 Å². The molecule has 0 radical (unpaired) electrons. The van der Waals surface area contributed by atoms with Crippen molar-refractivity contribution in [2.24, 2.45) is 0 Å². The lowest BCUT2D eigenvalue weighted by Crippen LogP contribution is -2.31. The Morgan fingerprint density at radius 3 is 2.64 bits per heavy atom. The van der Waals surface area contributed by atoms with Gasteiger partial charge in [-0.15, -0.1) is 0 Å². The molecule has 0 amide bonds. The number of ether oxygens (including phenoxy) is 2. The number of anilines is 1. The average molecular weight is 398 g/mol. The molecule has 0 saturated heterocycles. The van der Waals surface area contributed by atoms with Crippen LogP contribution in [0.15, 0.2) is 60.7 Å². The zero-order valence-corrected chi connectivity index (χ0v) is 16.5. The molecule has 0 fully saturated rings. The molecule has 1 aliphatic rings. The predicted octanol–water partition coefficient (Wildman–Crippen LogP) is 5.59. The van der Waals surface area contributed by atoms with E-state index in [0.29, 0.717) is 35.1 Å². The first kappa shape index (κ1) is 18.6. The van der Waals surface area contributed by atoms with Crippen molar-refractivity contribution < 1.29 is 13.9 Å². The van der Waals surface area contributed by atoms with Gasteiger partial charge in [0.2, 0.25) is 0 Å². The molecule has 4 rings (SSSR count). The lowest BCUT2D eigenvalue weighted by molar-refractivity contribution is 0.240. The van der Waals surface area contributed by atoms with E-state index in [1.807, 2.05) is 25.2 Å². The van der Waals surface area contributed by atoms with Gasteiger partial charge in [-0.05, 0) is 42.5 Å². The quantitative estimate of drug-likeness (QED) is 0.559. The standard InChI is InChI=1S/C23H21ClFNO2/c1-26(18-6-4-3-5-7-18)14-19-11-15-10-17(25)13-21(23(15)28-19)20-12-16(24)8-9-22(20)27-2/h3-10,12-13,19H,11,14H2,1-2H3. The van der Waals surface area contributed by atoms with Gasteiger partial charge in [0.05, 0.1) is 13.7 Å². The third kappa shape index (κ3) is 3.65. The summed E-state index contributed by atoms with van der Waals surface area (Å²) < 4.78 is 26.1. The lowest BCUT2D eigenvalue weighted by Gasteiger charge is -2.23. The number of hydrogen-bond donors (Lipinski definition) is 0. The summed E-state index contributed by atoms with van der Waals surface area (Å²) in [6.07, 6.45) is 0.589. The van der Waals surface area contributed by atoms with E-state index in [2.05, 4.69) is 17.0 Å². The maximum absolute atomic E-state index is 14.4. The van der Waals surface area contributed by atoms with Crippen LogP contribution in [0.2, 0.25) is 5.02 Å². The summed E-state index contributed by atoms with van der Waals surface area (Å²) in [5.74, 6) is 1.04. The van der Waals surface area contributed by atoms with E-state index >= 15 is 0 Å². The van der Waals surface area contributed by atoms with Gasteiger partial charge in [0.25, 0.3) is 0 Å². The Morgan fingerprint density at radius 1 is 1.11 bits per heavy atom. The molecule has 5 heteroatoms. The van der Waals surface area contributed by atoms with E-state index in [1.54, 1.807) is 31.4 Å². The highest BCUT2D eigenvalue weighted by Gasteiger charge is 2.29. The van der Waals surface area contributed by atoms with Gasteiger partial charge >= 0.3 is 0 Å². The fourth-order valence-corrected chi connectivity index (χ4v) is 3.85. The summed E-state index contributed by atoms with van der Waals surface area (Å²) >= 11 is 6.18. The first-order chi connectivity index (χ1) is 13.5. The summed E-state index contributed by atoms with van der Waals surface area (Å²) in [5.41, 5.74) is 3.37. The van der Waals surface area contributed by atoms with Gasteiger partial charge in [-0.1, -0.05) is 29.8 Å². The number of hydrogen-bond acceptors (Lipinski definition) is 3. The topological polar surface area (TPSA) is 21.7 Å². The third-order valence-corrected chi connectivity index (χ3v) is 5.22. The van der Waals surface area contributed by atoms with E-state index < -0.39 is 0 Å². The number of fused-ring (bicyclic) bond motifs is 1. The molecule has 0 bridgehead atoms. The molecule has 28 heavy (non-hydrogen) atoms. The number of likely N-dealkylation sites (N-methyl/N-ethyl adjacent to an activating group) is 1. The van der Waals surface area contributed by atoms with Crippen molar-refractivity contribution in [3.8, 4) is 22.6 Å². The van der Waals surface area contributed by atoms with Crippen LogP contribution in [0.25, 0.3) is 11.1 Å². The molecule has 0 aromatic heterocycles. The third-order valence-electron chi connectivity index (χ3n) is 4.99. The summed E-state index contributed by atoms with van der Waals surface area (Å²) in [5, 5.41) is 0.562. The minimum atomic E-state index is -0.295. The molecule has 0 saturated carbocycles. The van der Waals surface area contributed by atoms with Gasteiger partial charge in [0.15, 0.2) is 0 Å². The van der Waals surface area contributed by atoms with E-state index in [-0.39, 0.29) is 11.9 Å². The van der Waals surface area contributed by atoms with Gasteiger partial charge in [-0.3, -0.25) is 0 Å². The molecular formula is C23H21ClFNO2. The molecule has 3 aromatic carbocycles. The minimum absolute atomic E-state index is 0.0639. The van der Waals surface area contributed by atoms with Crippen molar-refractivity contribution in [2.45, 2.75) is 12.5 Å². The molecule has 1 unspecified atom stereocenters. The van der Waals surface area contributed by atoms with Crippen molar-refractivity contribution in [2.75, 3.05) is 25.6 Å². The molecule has 0 spiro atoms. The summed E-state index contributed by atoms with van der Waals surface area (Å²) in [6, 6.07) is 18.5. The molecule has 3 aromatic rings. The number of para-hydroxylation sites is 1. The van der Waals surface area contributed by atoms with E-state index in [4.69, 9.17) is 21.1 Å². The number of rotatable bonds is 5. The number of nitrogens with zero attached hydrogens (tertiary/aromatic N) is 1. The van der Waals surface area contributed by atoms with Crippen LogP contribution in [0.1, 0.15) is 5.56 Å². The summed E-state index contributed by atoms with van der Waals surface area (Å²) in [4.78, 5) is 2.15. The Bertz CT molecular complexity index is 993. The number of benzene rings is 3. The van der Waals surface area contributed by atoms with E-state index in [9.17, 15) is 4.39 Å². The van der Waals surface area contributed by atoms with Crippen molar-refractivity contribution in [3.05, 3.63) is 77.1 Å². The van der Waals surface area contributed by atoms with Gasteiger partial charge in [0.1, 0.15) is 23.4 Å². The first-order valence-corrected chi connectivity index (χ1v) is 9.52. The highest BCUT2D eigenvalue weighted by molar-refractivity contribution is 6.31. The molecule has 1 aliphatic heterocycles. The van der Waals surface area contributed by atoms with Crippen LogP contribution in [-0.2, 0) is 6.42 Å². The van der Waals surface area contributed by atoms with Crippen LogP contribution in [0.5, 0.6) is 11.5 Å². The molecule has 0 aliphatic carbocycles. The van der Waals surface area contributed by atoms with Crippen molar-refractivity contribution >= 4 is 17.3 Å². The molecule has 3 nitrogen and oxygen atoms in total.